The molecule has 4 nitrogen and oxygen atoms in total. The molecule has 0 aliphatic carbocycles. The van der Waals surface area contributed by atoms with Crippen molar-refractivity contribution in [2.45, 2.75) is 17.9 Å². The van der Waals surface area contributed by atoms with Crippen LogP contribution in [0.2, 0.25) is 0 Å². The van der Waals surface area contributed by atoms with E-state index in [0.717, 1.165) is 5.56 Å². The van der Waals surface area contributed by atoms with Crippen LogP contribution in [-0.2, 0) is 10.0 Å². The van der Waals surface area contributed by atoms with Crippen LogP contribution in [0.15, 0.2) is 46.0 Å². The molecule has 1 aromatic carbocycles. The van der Waals surface area contributed by atoms with Crippen LogP contribution in [0.25, 0.3) is 0 Å². The Hall–Kier alpha value is -1.65. The highest BCUT2D eigenvalue weighted by Crippen LogP contribution is 2.20. The van der Waals surface area contributed by atoms with E-state index in [1.54, 1.807) is 24.3 Å². The van der Waals surface area contributed by atoms with Gasteiger partial charge in [0.2, 0.25) is 10.0 Å². The first-order valence-electron chi connectivity index (χ1n) is 6.37. The summed E-state index contributed by atoms with van der Waals surface area (Å²) >= 11 is 1.53. The molecule has 0 aliphatic rings. The summed E-state index contributed by atoms with van der Waals surface area (Å²) in [7, 11) is -3.64. The Morgan fingerprint density at radius 1 is 1.33 bits per heavy atom. The molecule has 21 heavy (non-hydrogen) atoms. The van der Waals surface area contributed by atoms with Crippen LogP contribution >= 0.6 is 11.3 Å². The highest BCUT2D eigenvalue weighted by molar-refractivity contribution is 7.89. The SMILES string of the molecule is CC(NS(=O)(=O)c1ccccc1C#CCN)c1ccsc1. The van der Waals surface area contributed by atoms with Gasteiger partial charge in [-0.3, -0.25) is 0 Å². The monoisotopic (exact) mass is 320 g/mol. The lowest BCUT2D eigenvalue weighted by atomic mass is 10.2. The van der Waals surface area contributed by atoms with Gasteiger partial charge < -0.3 is 5.73 Å². The molecule has 0 radical (unpaired) electrons. The molecule has 1 heterocycles. The molecule has 0 amide bonds. The zero-order valence-electron chi connectivity index (χ0n) is 11.5. The minimum absolute atomic E-state index is 0.174. The van der Waals surface area contributed by atoms with Crippen molar-refractivity contribution < 1.29 is 8.42 Å². The number of rotatable bonds is 4. The third-order valence-electron chi connectivity index (χ3n) is 2.88. The summed E-state index contributed by atoms with van der Waals surface area (Å²) in [5, 5.41) is 3.84. The van der Waals surface area contributed by atoms with Crippen LogP contribution in [0.1, 0.15) is 24.1 Å². The van der Waals surface area contributed by atoms with Gasteiger partial charge in [0, 0.05) is 11.6 Å². The van der Waals surface area contributed by atoms with E-state index in [9.17, 15) is 8.42 Å². The lowest BCUT2D eigenvalue weighted by Crippen LogP contribution is -2.27. The van der Waals surface area contributed by atoms with Gasteiger partial charge in [0.25, 0.3) is 0 Å². The summed E-state index contributed by atoms with van der Waals surface area (Å²) in [6, 6.07) is 8.25. The van der Waals surface area contributed by atoms with E-state index in [1.807, 2.05) is 23.8 Å². The van der Waals surface area contributed by atoms with Gasteiger partial charge in [-0.2, -0.15) is 11.3 Å². The second kappa shape index (κ2) is 6.87. The molecule has 3 N–H and O–H groups in total. The molecule has 1 atom stereocenters. The van der Waals surface area contributed by atoms with E-state index in [-0.39, 0.29) is 17.5 Å². The first-order chi connectivity index (χ1) is 10.0. The Balaban J connectivity index is 2.32. The summed E-state index contributed by atoms with van der Waals surface area (Å²) in [4.78, 5) is 0.174. The van der Waals surface area contributed by atoms with Gasteiger partial charge in [-0.15, -0.1) is 0 Å². The van der Waals surface area contributed by atoms with Crippen molar-refractivity contribution in [3.05, 3.63) is 52.2 Å². The number of sulfonamides is 1. The van der Waals surface area contributed by atoms with Crippen molar-refractivity contribution in [2.75, 3.05) is 6.54 Å². The largest absolute Gasteiger partial charge is 0.320 e. The van der Waals surface area contributed by atoms with E-state index < -0.39 is 10.0 Å². The summed E-state index contributed by atoms with van der Waals surface area (Å²) in [5.41, 5.74) is 6.73. The lowest BCUT2D eigenvalue weighted by molar-refractivity contribution is 0.567. The second-order valence-electron chi connectivity index (χ2n) is 4.40. The van der Waals surface area contributed by atoms with Crippen molar-refractivity contribution in [2.24, 2.45) is 5.73 Å². The highest BCUT2D eigenvalue weighted by atomic mass is 32.2. The third kappa shape index (κ3) is 3.93. The Labute approximate surface area is 129 Å². The van der Waals surface area contributed by atoms with Gasteiger partial charge >= 0.3 is 0 Å². The number of nitrogens with one attached hydrogen (secondary N) is 1. The molecule has 0 aliphatic heterocycles. The molecule has 0 fully saturated rings. The minimum atomic E-state index is -3.64. The molecule has 2 aromatic rings. The van der Waals surface area contributed by atoms with Gasteiger partial charge in [-0.05, 0) is 41.4 Å². The number of nitrogens with two attached hydrogens (primary N) is 1. The van der Waals surface area contributed by atoms with Gasteiger partial charge in [0.05, 0.1) is 11.4 Å². The summed E-state index contributed by atoms with van der Waals surface area (Å²) in [6.45, 7) is 2.00. The molecule has 0 spiro atoms. The molecule has 110 valence electrons. The van der Waals surface area contributed by atoms with Crippen molar-refractivity contribution in [1.82, 2.24) is 4.72 Å². The molecular formula is C15H16N2O2S2. The van der Waals surface area contributed by atoms with E-state index in [4.69, 9.17) is 5.73 Å². The van der Waals surface area contributed by atoms with E-state index in [0.29, 0.717) is 5.56 Å². The quantitative estimate of drug-likeness (QED) is 0.847. The zero-order valence-corrected chi connectivity index (χ0v) is 13.2. The molecule has 2 rings (SSSR count). The number of hydrogen-bond donors (Lipinski definition) is 2. The zero-order chi connectivity index (χ0) is 15.3. The Kier molecular flexibility index (Phi) is 5.15. The van der Waals surface area contributed by atoms with Gasteiger partial charge in [-0.25, -0.2) is 13.1 Å². The van der Waals surface area contributed by atoms with Crippen molar-refractivity contribution in [1.29, 1.82) is 0 Å². The standard InChI is InChI=1S/C15H16N2O2S2/c1-12(14-8-10-20-11-14)17-21(18,19)15-7-3-2-5-13(15)6-4-9-16/h2-3,5,7-8,10-12,17H,9,16H2,1H3. The van der Waals surface area contributed by atoms with Crippen LogP contribution < -0.4 is 10.5 Å². The lowest BCUT2D eigenvalue weighted by Gasteiger charge is -2.14. The van der Waals surface area contributed by atoms with E-state index in [2.05, 4.69) is 16.6 Å². The summed E-state index contributed by atoms with van der Waals surface area (Å²) in [6.07, 6.45) is 0. The predicted molar refractivity (Wildman–Crippen MR) is 85.4 cm³/mol. The summed E-state index contributed by atoms with van der Waals surface area (Å²) in [5.74, 6) is 5.48. The number of hydrogen-bond acceptors (Lipinski definition) is 4. The molecule has 6 heteroatoms. The fourth-order valence-corrected chi connectivity index (χ4v) is 3.99. The average molecular weight is 320 g/mol. The van der Waals surface area contributed by atoms with Gasteiger partial charge in [0.1, 0.15) is 0 Å². The average Bonchev–Trinajstić information content (AvgIpc) is 2.99. The Morgan fingerprint density at radius 2 is 2.10 bits per heavy atom. The van der Waals surface area contributed by atoms with Gasteiger partial charge in [0.15, 0.2) is 0 Å². The molecule has 1 unspecified atom stereocenters. The van der Waals surface area contributed by atoms with Crippen molar-refractivity contribution in [3.8, 4) is 11.8 Å². The number of thiophene rings is 1. The molecule has 1 aromatic heterocycles. The maximum atomic E-state index is 12.5. The summed E-state index contributed by atoms with van der Waals surface area (Å²) < 4.78 is 27.7. The molecule has 0 bridgehead atoms. The highest BCUT2D eigenvalue weighted by Gasteiger charge is 2.20. The van der Waals surface area contributed by atoms with Crippen LogP contribution in [0.4, 0.5) is 0 Å². The fourth-order valence-electron chi connectivity index (χ4n) is 1.84. The van der Waals surface area contributed by atoms with Crippen LogP contribution in [-0.4, -0.2) is 15.0 Å². The Bertz CT molecular complexity index is 756. The van der Waals surface area contributed by atoms with Crippen LogP contribution in [0.3, 0.4) is 0 Å². The maximum Gasteiger partial charge on any atom is 0.242 e. The topological polar surface area (TPSA) is 72.2 Å². The van der Waals surface area contributed by atoms with Crippen molar-refractivity contribution in [3.63, 3.8) is 0 Å². The van der Waals surface area contributed by atoms with Gasteiger partial charge in [-0.1, -0.05) is 24.0 Å². The smallest absolute Gasteiger partial charge is 0.242 e. The minimum Gasteiger partial charge on any atom is -0.320 e. The molecule has 0 saturated heterocycles. The van der Waals surface area contributed by atoms with Crippen molar-refractivity contribution >= 4 is 21.4 Å². The first-order valence-corrected chi connectivity index (χ1v) is 8.79. The van der Waals surface area contributed by atoms with Crippen LogP contribution in [0.5, 0.6) is 0 Å². The van der Waals surface area contributed by atoms with Crippen LogP contribution in [0, 0.1) is 11.8 Å². The molecular weight excluding hydrogens is 304 g/mol. The Morgan fingerprint density at radius 3 is 2.76 bits per heavy atom. The normalized spacial score (nSPS) is 12.5. The van der Waals surface area contributed by atoms with E-state index >= 15 is 0 Å². The van der Waals surface area contributed by atoms with E-state index in [1.165, 1.54) is 11.3 Å². The maximum absolute atomic E-state index is 12.5. The number of benzene rings is 1. The third-order valence-corrected chi connectivity index (χ3v) is 5.18. The first kappa shape index (κ1) is 15.7. The fraction of sp³-hybridized carbons (Fsp3) is 0.200. The second-order valence-corrected chi connectivity index (χ2v) is 6.86. The molecule has 0 saturated carbocycles. The predicted octanol–water partition coefficient (Wildman–Crippen LogP) is 2.10.